The summed E-state index contributed by atoms with van der Waals surface area (Å²) in [6, 6.07) is 12.3. The highest BCUT2D eigenvalue weighted by Gasteiger charge is 2.31. The minimum absolute atomic E-state index is 0.0690. The molecular formula is C20H22N4O. The Morgan fingerprint density at radius 3 is 2.84 bits per heavy atom. The summed E-state index contributed by atoms with van der Waals surface area (Å²) in [5.41, 5.74) is 5.80. The molecular weight excluding hydrogens is 312 g/mol. The van der Waals surface area contributed by atoms with E-state index in [1.165, 1.54) is 11.1 Å². The highest BCUT2D eigenvalue weighted by Crippen LogP contribution is 2.25. The molecule has 128 valence electrons. The maximum Gasteiger partial charge on any atom is 0.237 e. The summed E-state index contributed by atoms with van der Waals surface area (Å²) in [4.78, 5) is 19.3. The van der Waals surface area contributed by atoms with Crippen LogP contribution in [0, 0.1) is 6.92 Å². The molecule has 1 amide bonds. The van der Waals surface area contributed by atoms with E-state index in [0.29, 0.717) is 6.54 Å². The number of rotatable bonds is 3. The molecule has 0 spiro atoms. The van der Waals surface area contributed by atoms with Crippen LogP contribution in [0.15, 0.2) is 48.8 Å². The van der Waals surface area contributed by atoms with Gasteiger partial charge in [0.2, 0.25) is 5.91 Å². The van der Waals surface area contributed by atoms with Crippen molar-refractivity contribution >= 4 is 11.6 Å². The third-order valence-electron chi connectivity index (χ3n) is 5.07. The van der Waals surface area contributed by atoms with Gasteiger partial charge < -0.3 is 9.72 Å². The number of fused-ring (bicyclic) bond motifs is 2. The summed E-state index contributed by atoms with van der Waals surface area (Å²) >= 11 is 0. The molecule has 5 heteroatoms. The molecule has 0 saturated heterocycles. The quantitative estimate of drug-likeness (QED) is 0.800. The number of amides is 1. The van der Waals surface area contributed by atoms with Gasteiger partial charge in [0.05, 0.1) is 17.9 Å². The Bertz CT molecular complexity index is 930. The third kappa shape index (κ3) is 2.81. The molecule has 0 unspecified atom stereocenters. The summed E-state index contributed by atoms with van der Waals surface area (Å²) in [6.07, 6.45) is 4.70. The van der Waals surface area contributed by atoms with Crippen LogP contribution < -0.4 is 5.32 Å². The number of hydrogen-bond acceptors (Lipinski definition) is 3. The van der Waals surface area contributed by atoms with Crippen molar-refractivity contribution in [2.45, 2.75) is 32.5 Å². The molecule has 0 radical (unpaired) electrons. The number of imidazole rings is 1. The van der Waals surface area contributed by atoms with Gasteiger partial charge in [0.25, 0.3) is 0 Å². The third-order valence-corrected chi connectivity index (χ3v) is 5.07. The molecule has 1 aliphatic rings. The number of nitrogens with zero attached hydrogens (tertiary/aromatic N) is 3. The number of nitrogens with one attached hydrogen (secondary N) is 1. The second-order valence-corrected chi connectivity index (χ2v) is 6.64. The highest BCUT2D eigenvalue weighted by atomic mass is 16.2. The Morgan fingerprint density at radius 2 is 2.04 bits per heavy atom. The Kier molecular flexibility index (Phi) is 4.01. The Morgan fingerprint density at radius 1 is 1.24 bits per heavy atom. The predicted octanol–water partition coefficient (Wildman–Crippen LogP) is 2.32. The van der Waals surface area contributed by atoms with Gasteiger partial charge in [0.1, 0.15) is 5.65 Å². The average Bonchev–Trinajstić information content (AvgIpc) is 3.05. The molecule has 4 rings (SSSR count). The molecule has 5 nitrogen and oxygen atoms in total. The van der Waals surface area contributed by atoms with Crippen LogP contribution in [0.5, 0.6) is 0 Å². The lowest BCUT2D eigenvalue weighted by Gasteiger charge is -2.35. The van der Waals surface area contributed by atoms with Crippen molar-refractivity contribution in [2.75, 3.05) is 7.05 Å². The second-order valence-electron chi connectivity index (χ2n) is 6.64. The van der Waals surface area contributed by atoms with E-state index in [0.717, 1.165) is 29.9 Å². The van der Waals surface area contributed by atoms with Crippen LogP contribution in [0.2, 0.25) is 0 Å². The van der Waals surface area contributed by atoms with Crippen LogP contribution in [-0.4, -0.2) is 33.3 Å². The minimum atomic E-state index is -0.157. The zero-order valence-corrected chi connectivity index (χ0v) is 14.6. The molecule has 25 heavy (non-hydrogen) atoms. The van der Waals surface area contributed by atoms with Crippen LogP contribution in [0.4, 0.5) is 0 Å². The van der Waals surface area contributed by atoms with Gasteiger partial charge in [-0.1, -0.05) is 30.3 Å². The monoisotopic (exact) mass is 334 g/mol. The standard InChI is InChI=1S/C20H22N4O/c1-14-6-5-9-24-17(11-22-19(14)24)13-23-12-16-8-4-3-7-15(16)10-18(23)20(25)21-2/h3-9,11,18H,10,12-13H2,1-2H3,(H,21,25)/t18-/m0/s1. The fourth-order valence-corrected chi connectivity index (χ4v) is 3.70. The normalized spacial score (nSPS) is 17.4. The van der Waals surface area contributed by atoms with E-state index in [4.69, 9.17) is 0 Å². The number of hydrogen-bond donors (Lipinski definition) is 1. The van der Waals surface area contributed by atoms with Gasteiger partial charge >= 0.3 is 0 Å². The fraction of sp³-hybridized carbons (Fsp3) is 0.300. The van der Waals surface area contributed by atoms with Crippen LogP contribution in [-0.2, 0) is 24.3 Å². The lowest BCUT2D eigenvalue weighted by Crippen LogP contribution is -2.49. The lowest BCUT2D eigenvalue weighted by molar-refractivity contribution is -0.126. The Labute approximate surface area is 147 Å². The zero-order chi connectivity index (χ0) is 17.4. The average molecular weight is 334 g/mol. The minimum Gasteiger partial charge on any atom is -0.358 e. The first-order chi connectivity index (χ1) is 12.2. The Balaban J connectivity index is 1.69. The number of aryl methyl sites for hydroxylation is 1. The number of pyridine rings is 1. The van der Waals surface area contributed by atoms with Gasteiger partial charge in [0.15, 0.2) is 0 Å². The smallest absolute Gasteiger partial charge is 0.237 e. The Hall–Kier alpha value is -2.66. The molecule has 1 aromatic carbocycles. The van der Waals surface area contributed by atoms with Crippen molar-refractivity contribution in [2.24, 2.45) is 0 Å². The van der Waals surface area contributed by atoms with Crippen LogP contribution in [0.25, 0.3) is 5.65 Å². The molecule has 1 atom stereocenters. The summed E-state index contributed by atoms with van der Waals surface area (Å²) in [5, 5.41) is 2.82. The molecule has 0 saturated carbocycles. The first-order valence-electron chi connectivity index (χ1n) is 8.61. The van der Waals surface area contributed by atoms with Crippen molar-refractivity contribution < 1.29 is 4.79 Å². The molecule has 0 fully saturated rings. The van der Waals surface area contributed by atoms with E-state index in [-0.39, 0.29) is 11.9 Å². The second kappa shape index (κ2) is 6.33. The number of carbonyl (C=O) groups is 1. The van der Waals surface area contributed by atoms with E-state index in [1.807, 2.05) is 24.5 Å². The molecule has 3 aromatic rings. The van der Waals surface area contributed by atoms with Crippen molar-refractivity contribution in [3.8, 4) is 0 Å². The molecule has 1 aliphatic heterocycles. The largest absolute Gasteiger partial charge is 0.358 e. The number of likely N-dealkylation sites (N-methyl/N-ethyl adjacent to an activating group) is 1. The van der Waals surface area contributed by atoms with E-state index in [2.05, 4.69) is 50.8 Å². The number of carbonyl (C=O) groups excluding carboxylic acids is 1. The summed E-state index contributed by atoms with van der Waals surface area (Å²) < 4.78 is 2.12. The lowest BCUT2D eigenvalue weighted by atomic mass is 9.93. The number of benzene rings is 1. The van der Waals surface area contributed by atoms with Crippen LogP contribution >= 0.6 is 0 Å². The van der Waals surface area contributed by atoms with Gasteiger partial charge in [-0.2, -0.15) is 0 Å². The maximum atomic E-state index is 12.5. The van der Waals surface area contributed by atoms with Gasteiger partial charge in [-0.3, -0.25) is 9.69 Å². The van der Waals surface area contributed by atoms with Gasteiger partial charge in [-0.05, 0) is 36.1 Å². The van der Waals surface area contributed by atoms with E-state index >= 15 is 0 Å². The zero-order valence-electron chi connectivity index (χ0n) is 14.6. The highest BCUT2D eigenvalue weighted by molar-refractivity contribution is 5.82. The van der Waals surface area contributed by atoms with Crippen LogP contribution in [0.1, 0.15) is 22.4 Å². The number of aromatic nitrogens is 2. The van der Waals surface area contributed by atoms with E-state index in [9.17, 15) is 4.79 Å². The summed E-state index contributed by atoms with van der Waals surface area (Å²) in [7, 11) is 1.71. The predicted molar refractivity (Wildman–Crippen MR) is 97.2 cm³/mol. The van der Waals surface area contributed by atoms with Gasteiger partial charge in [-0.25, -0.2) is 4.98 Å². The first kappa shape index (κ1) is 15.8. The van der Waals surface area contributed by atoms with E-state index < -0.39 is 0 Å². The van der Waals surface area contributed by atoms with Crippen molar-refractivity contribution in [1.29, 1.82) is 0 Å². The van der Waals surface area contributed by atoms with E-state index in [1.54, 1.807) is 7.05 Å². The van der Waals surface area contributed by atoms with Gasteiger partial charge in [-0.15, -0.1) is 0 Å². The topological polar surface area (TPSA) is 49.6 Å². The van der Waals surface area contributed by atoms with Crippen molar-refractivity contribution in [3.05, 3.63) is 71.2 Å². The molecule has 0 aliphatic carbocycles. The summed E-state index contributed by atoms with van der Waals surface area (Å²) in [5.74, 6) is 0.0690. The molecule has 2 aromatic heterocycles. The SMILES string of the molecule is CNC(=O)[C@@H]1Cc2ccccc2CN1Cc1cnc2c(C)cccn12. The van der Waals surface area contributed by atoms with Crippen LogP contribution in [0.3, 0.4) is 0 Å². The fourth-order valence-electron chi connectivity index (χ4n) is 3.70. The van der Waals surface area contributed by atoms with Crippen molar-refractivity contribution in [1.82, 2.24) is 19.6 Å². The van der Waals surface area contributed by atoms with Crippen molar-refractivity contribution in [3.63, 3.8) is 0 Å². The molecule has 1 N–H and O–H groups in total. The molecule has 0 bridgehead atoms. The maximum absolute atomic E-state index is 12.5. The van der Waals surface area contributed by atoms with Gasteiger partial charge in [0, 0.05) is 26.3 Å². The molecule has 3 heterocycles. The summed E-state index contributed by atoms with van der Waals surface area (Å²) in [6.45, 7) is 3.53. The first-order valence-corrected chi connectivity index (χ1v) is 8.61.